The lowest BCUT2D eigenvalue weighted by atomic mass is 10.5. The van der Waals surface area contributed by atoms with Gasteiger partial charge >= 0.3 is 6.03 Å². The molecule has 8 heteroatoms. The monoisotopic (exact) mass is 287 g/mol. The summed E-state index contributed by atoms with van der Waals surface area (Å²) in [6, 6.07) is 1.48. The van der Waals surface area contributed by atoms with Crippen LogP contribution in [-0.4, -0.2) is 55.2 Å². The smallest absolute Gasteiger partial charge is 0.316 e. The minimum Gasteiger partial charge on any atom is -0.377 e. The maximum absolute atomic E-state index is 11.3. The van der Waals surface area contributed by atoms with Crippen molar-refractivity contribution in [2.24, 2.45) is 0 Å². The van der Waals surface area contributed by atoms with E-state index in [0.717, 1.165) is 0 Å². The molecule has 0 spiro atoms. The summed E-state index contributed by atoms with van der Waals surface area (Å²) in [6.07, 6.45) is 0. The van der Waals surface area contributed by atoms with Gasteiger partial charge in [-0.05, 0) is 0 Å². The van der Waals surface area contributed by atoms with Crippen LogP contribution in [0.4, 0.5) is 10.6 Å². The lowest BCUT2D eigenvalue weighted by Gasteiger charge is -2.12. The Balaban J connectivity index is 2.42. The van der Waals surface area contributed by atoms with Crippen LogP contribution in [0.25, 0.3) is 0 Å². The van der Waals surface area contributed by atoms with E-state index in [9.17, 15) is 4.79 Å². The fourth-order valence-corrected chi connectivity index (χ4v) is 1.47. The summed E-state index contributed by atoms with van der Waals surface area (Å²) in [7, 11) is 4.93. The molecule has 0 unspecified atom stereocenters. The van der Waals surface area contributed by atoms with E-state index in [1.165, 1.54) is 4.90 Å². The molecule has 0 bridgehead atoms. The first-order valence-corrected chi connectivity index (χ1v) is 6.12. The second-order valence-electron chi connectivity index (χ2n) is 3.98. The Morgan fingerprint density at radius 3 is 2.79 bits per heavy atom. The third-order valence-electron chi connectivity index (χ3n) is 2.13. The standard InChI is InChI=1S/C11H18ClN5O2/c1-17(2)11(18)14-5-4-13-9-6-8(12)15-10(16-9)7-19-3/h6H,4-5,7H2,1-3H3,(H,14,18)(H,13,15,16). The number of nitrogens with zero attached hydrogens (tertiary/aromatic N) is 3. The van der Waals surface area contributed by atoms with Crippen molar-refractivity contribution in [2.75, 3.05) is 39.6 Å². The van der Waals surface area contributed by atoms with Crippen LogP contribution in [0.1, 0.15) is 5.82 Å². The summed E-state index contributed by atoms with van der Waals surface area (Å²) in [5, 5.41) is 6.13. The molecule has 0 aliphatic carbocycles. The Bertz CT molecular complexity index is 428. The third-order valence-corrected chi connectivity index (χ3v) is 2.32. The number of carbonyl (C=O) groups is 1. The zero-order valence-electron chi connectivity index (χ0n) is 11.2. The molecule has 106 valence electrons. The summed E-state index contributed by atoms with van der Waals surface area (Å²) >= 11 is 5.87. The molecular formula is C11H18ClN5O2. The molecule has 0 aromatic carbocycles. The van der Waals surface area contributed by atoms with E-state index in [2.05, 4.69) is 20.6 Å². The fourth-order valence-electron chi connectivity index (χ4n) is 1.27. The Labute approximate surface area is 117 Å². The van der Waals surface area contributed by atoms with Crippen molar-refractivity contribution in [1.29, 1.82) is 0 Å². The van der Waals surface area contributed by atoms with Crippen LogP contribution in [0.3, 0.4) is 0 Å². The predicted molar refractivity (Wildman–Crippen MR) is 73.3 cm³/mol. The number of ether oxygens (including phenoxy) is 1. The number of hydrogen-bond acceptors (Lipinski definition) is 5. The normalized spacial score (nSPS) is 10.1. The second kappa shape index (κ2) is 7.75. The molecular weight excluding hydrogens is 270 g/mol. The molecule has 1 aromatic rings. The summed E-state index contributed by atoms with van der Waals surface area (Å²) in [4.78, 5) is 21.0. The fraction of sp³-hybridized carbons (Fsp3) is 0.545. The number of carbonyl (C=O) groups excluding carboxylic acids is 1. The van der Waals surface area contributed by atoms with Gasteiger partial charge in [-0.3, -0.25) is 0 Å². The number of amides is 2. The van der Waals surface area contributed by atoms with Crippen molar-refractivity contribution in [3.8, 4) is 0 Å². The molecule has 0 radical (unpaired) electrons. The van der Waals surface area contributed by atoms with Crippen molar-refractivity contribution in [3.63, 3.8) is 0 Å². The van der Waals surface area contributed by atoms with Crippen molar-refractivity contribution < 1.29 is 9.53 Å². The zero-order valence-corrected chi connectivity index (χ0v) is 12.0. The summed E-state index contributed by atoms with van der Waals surface area (Å²) in [5.74, 6) is 1.11. The van der Waals surface area contributed by atoms with Gasteiger partial charge in [0.05, 0.1) is 0 Å². The Morgan fingerprint density at radius 1 is 1.42 bits per heavy atom. The number of methoxy groups -OCH3 is 1. The third kappa shape index (κ3) is 5.71. The van der Waals surface area contributed by atoms with Crippen LogP contribution in [0.2, 0.25) is 5.15 Å². The highest BCUT2D eigenvalue weighted by molar-refractivity contribution is 6.29. The van der Waals surface area contributed by atoms with E-state index in [-0.39, 0.29) is 6.03 Å². The number of nitrogens with one attached hydrogen (secondary N) is 2. The van der Waals surface area contributed by atoms with E-state index in [1.54, 1.807) is 27.3 Å². The van der Waals surface area contributed by atoms with Crippen LogP contribution in [0.15, 0.2) is 6.07 Å². The maximum Gasteiger partial charge on any atom is 0.316 e. The average molecular weight is 288 g/mol. The van der Waals surface area contributed by atoms with Gasteiger partial charge in [0.2, 0.25) is 0 Å². The number of urea groups is 1. The van der Waals surface area contributed by atoms with Gasteiger partial charge in [-0.1, -0.05) is 11.6 Å². The molecule has 1 heterocycles. The average Bonchev–Trinajstić information content (AvgIpc) is 2.34. The lowest BCUT2D eigenvalue weighted by Crippen LogP contribution is -2.37. The van der Waals surface area contributed by atoms with Gasteiger partial charge in [-0.15, -0.1) is 0 Å². The minimum absolute atomic E-state index is 0.136. The topological polar surface area (TPSA) is 79.4 Å². The van der Waals surface area contributed by atoms with Gasteiger partial charge < -0.3 is 20.3 Å². The van der Waals surface area contributed by atoms with Gasteiger partial charge in [-0.25, -0.2) is 14.8 Å². The number of hydrogen-bond donors (Lipinski definition) is 2. The summed E-state index contributed by atoms with van der Waals surface area (Å²) < 4.78 is 4.95. The van der Waals surface area contributed by atoms with E-state index >= 15 is 0 Å². The van der Waals surface area contributed by atoms with Gasteiger partial charge in [-0.2, -0.15) is 0 Å². The maximum atomic E-state index is 11.3. The minimum atomic E-state index is -0.136. The predicted octanol–water partition coefficient (Wildman–Crippen LogP) is 0.959. The van der Waals surface area contributed by atoms with Crippen molar-refractivity contribution in [3.05, 3.63) is 17.0 Å². The van der Waals surface area contributed by atoms with E-state index in [4.69, 9.17) is 16.3 Å². The first-order chi connectivity index (χ1) is 9.02. The molecule has 0 saturated carbocycles. The first-order valence-electron chi connectivity index (χ1n) is 5.74. The highest BCUT2D eigenvalue weighted by Gasteiger charge is 2.04. The number of anilines is 1. The van der Waals surface area contributed by atoms with Gasteiger partial charge in [0.1, 0.15) is 17.6 Å². The van der Waals surface area contributed by atoms with E-state index in [1.807, 2.05) is 0 Å². The molecule has 1 rings (SSSR count). The molecule has 0 saturated heterocycles. The van der Waals surface area contributed by atoms with Crippen molar-refractivity contribution >= 4 is 23.4 Å². The Kier molecular flexibility index (Phi) is 6.31. The number of rotatable bonds is 6. The zero-order chi connectivity index (χ0) is 14.3. The van der Waals surface area contributed by atoms with Crippen molar-refractivity contribution in [2.45, 2.75) is 6.61 Å². The van der Waals surface area contributed by atoms with Crippen LogP contribution in [-0.2, 0) is 11.3 Å². The summed E-state index contributed by atoms with van der Waals surface area (Å²) in [6.45, 7) is 1.32. The lowest BCUT2D eigenvalue weighted by molar-refractivity contribution is 0.178. The van der Waals surface area contributed by atoms with Gasteiger partial charge in [0, 0.05) is 40.4 Å². The largest absolute Gasteiger partial charge is 0.377 e. The van der Waals surface area contributed by atoms with Crippen LogP contribution < -0.4 is 10.6 Å². The van der Waals surface area contributed by atoms with Crippen LogP contribution >= 0.6 is 11.6 Å². The molecule has 2 N–H and O–H groups in total. The molecule has 0 fully saturated rings. The highest BCUT2D eigenvalue weighted by Crippen LogP contribution is 2.11. The van der Waals surface area contributed by atoms with Crippen molar-refractivity contribution in [1.82, 2.24) is 20.2 Å². The molecule has 0 atom stereocenters. The molecule has 19 heavy (non-hydrogen) atoms. The molecule has 1 aromatic heterocycles. The van der Waals surface area contributed by atoms with Gasteiger partial charge in [0.25, 0.3) is 0 Å². The molecule has 0 aliphatic rings. The van der Waals surface area contributed by atoms with E-state index in [0.29, 0.717) is 36.5 Å². The first kappa shape index (κ1) is 15.5. The van der Waals surface area contributed by atoms with Gasteiger partial charge in [0.15, 0.2) is 5.82 Å². The highest BCUT2D eigenvalue weighted by atomic mass is 35.5. The van der Waals surface area contributed by atoms with E-state index < -0.39 is 0 Å². The molecule has 2 amide bonds. The number of aromatic nitrogens is 2. The second-order valence-corrected chi connectivity index (χ2v) is 4.37. The Morgan fingerprint density at radius 2 is 2.16 bits per heavy atom. The van der Waals surface area contributed by atoms with Crippen LogP contribution in [0, 0.1) is 0 Å². The SMILES string of the molecule is COCc1nc(Cl)cc(NCCNC(=O)N(C)C)n1. The molecule has 7 nitrogen and oxygen atoms in total. The quantitative estimate of drug-likeness (QED) is 0.602. The van der Waals surface area contributed by atoms with Crippen LogP contribution in [0.5, 0.6) is 0 Å². The summed E-state index contributed by atoms with van der Waals surface area (Å²) in [5.41, 5.74) is 0. The Hall–Kier alpha value is -1.60. The molecule has 0 aliphatic heterocycles. The number of halogens is 1.